The van der Waals surface area contributed by atoms with E-state index >= 15 is 0 Å². The minimum Gasteiger partial charge on any atom is -0.320 e. The molecule has 0 fully saturated rings. The van der Waals surface area contributed by atoms with Gasteiger partial charge in [-0.2, -0.15) is 0 Å². The largest absolute Gasteiger partial charge is 0.320 e. The monoisotopic (exact) mass is 291 g/mol. The maximum atomic E-state index is 6.49. The van der Waals surface area contributed by atoms with Crippen LogP contribution in [0.15, 0.2) is 60.2 Å². The third-order valence-corrected chi connectivity index (χ3v) is 4.68. The first-order valence-electron chi connectivity index (χ1n) is 6.75. The Morgan fingerprint density at radius 3 is 2.71 bits per heavy atom. The van der Waals surface area contributed by atoms with Crippen LogP contribution in [0.25, 0.3) is 21.1 Å². The molecule has 4 rings (SSSR count). The van der Waals surface area contributed by atoms with E-state index in [-0.39, 0.29) is 6.04 Å². The Morgan fingerprint density at radius 1 is 0.952 bits per heavy atom. The van der Waals surface area contributed by atoms with Crippen LogP contribution in [0, 0.1) is 0 Å². The predicted octanol–water partition coefficient (Wildman–Crippen LogP) is 3.89. The van der Waals surface area contributed by atoms with E-state index in [2.05, 4.69) is 39.6 Å². The molecule has 0 radical (unpaired) electrons. The quantitative estimate of drug-likeness (QED) is 0.609. The SMILES string of the molecule is NC(c1ccc2nccnc2c1)c1cccc2ccsc12. The number of nitrogens with zero attached hydrogens (tertiary/aromatic N) is 2. The highest BCUT2D eigenvalue weighted by atomic mass is 32.1. The molecule has 3 nitrogen and oxygen atoms in total. The van der Waals surface area contributed by atoms with Crippen LogP contribution < -0.4 is 5.73 Å². The van der Waals surface area contributed by atoms with Crippen LogP contribution in [0.1, 0.15) is 17.2 Å². The summed E-state index contributed by atoms with van der Waals surface area (Å²) in [6.07, 6.45) is 3.41. The Morgan fingerprint density at radius 2 is 1.81 bits per heavy atom. The molecule has 2 heterocycles. The van der Waals surface area contributed by atoms with Crippen molar-refractivity contribution in [2.24, 2.45) is 5.73 Å². The fourth-order valence-corrected chi connectivity index (χ4v) is 3.57. The van der Waals surface area contributed by atoms with Crippen LogP contribution in [-0.4, -0.2) is 9.97 Å². The van der Waals surface area contributed by atoms with Crippen molar-refractivity contribution in [2.75, 3.05) is 0 Å². The highest BCUT2D eigenvalue weighted by molar-refractivity contribution is 7.17. The third kappa shape index (κ3) is 2.09. The topological polar surface area (TPSA) is 51.8 Å². The lowest BCUT2D eigenvalue weighted by Crippen LogP contribution is -2.12. The van der Waals surface area contributed by atoms with Gasteiger partial charge in [-0.3, -0.25) is 9.97 Å². The molecule has 1 unspecified atom stereocenters. The summed E-state index contributed by atoms with van der Waals surface area (Å²) >= 11 is 1.73. The number of hydrogen-bond donors (Lipinski definition) is 1. The summed E-state index contributed by atoms with van der Waals surface area (Å²) in [5, 5.41) is 3.35. The predicted molar refractivity (Wildman–Crippen MR) is 87.4 cm³/mol. The van der Waals surface area contributed by atoms with Crippen molar-refractivity contribution in [3.05, 3.63) is 71.4 Å². The average molecular weight is 291 g/mol. The molecule has 2 aromatic heterocycles. The van der Waals surface area contributed by atoms with Gasteiger partial charge in [-0.15, -0.1) is 11.3 Å². The van der Waals surface area contributed by atoms with E-state index in [9.17, 15) is 0 Å². The molecule has 4 aromatic rings. The number of benzene rings is 2. The van der Waals surface area contributed by atoms with Gasteiger partial charge < -0.3 is 5.73 Å². The van der Waals surface area contributed by atoms with Crippen LogP contribution in [0.5, 0.6) is 0 Å². The van der Waals surface area contributed by atoms with E-state index in [1.54, 1.807) is 23.7 Å². The number of aromatic nitrogens is 2. The Hall–Kier alpha value is -2.30. The second-order valence-electron chi connectivity index (χ2n) is 4.97. The van der Waals surface area contributed by atoms with Gasteiger partial charge in [0, 0.05) is 17.1 Å². The van der Waals surface area contributed by atoms with E-state index in [0.717, 1.165) is 22.2 Å². The Balaban J connectivity index is 1.85. The second kappa shape index (κ2) is 4.91. The van der Waals surface area contributed by atoms with Crippen molar-refractivity contribution >= 4 is 32.5 Å². The third-order valence-electron chi connectivity index (χ3n) is 3.70. The molecule has 21 heavy (non-hydrogen) atoms. The second-order valence-corrected chi connectivity index (χ2v) is 5.88. The van der Waals surface area contributed by atoms with Crippen LogP contribution in [-0.2, 0) is 0 Å². The molecule has 0 saturated heterocycles. The van der Waals surface area contributed by atoms with Crippen LogP contribution in [0.4, 0.5) is 0 Å². The number of fused-ring (bicyclic) bond motifs is 2. The highest BCUT2D eigenvalue weighted by Crippen LogP contribution is 2.31. The molecule has 0 bridgehead atoms. The minimum atomic E-state index is -0.154. The first kappa shape index (κ1) is 12.4. The lowest BCUT2D eigenvalue weighted by Gasteiger charge is -2.14. The Labute approximate surface area is 126 Å². The molecule has 2 aromatic carbocycles. The first-order valence-corrected chi connectivity index (χ1v) is 7.63. The summed E-state index contributed by atoms with van der Waals surface area (Å²) in [6.45, 7) is 0. The van der Waals surface area contributed by atoms with Crippen molar-refractivity contribution in [3.63, 3.8) is 0 Å². The Bertz CT molecular complexity index is 929. The van der Waals surface area contributed by atoms with E-state index < -0.39 is 0 Å². The molecule has 0 aliphatic heterocycles. The summed E-state index contributed by atoms with van der Waals surface area (Å²) in [4.78, 5) is 8.65. The summed E-state index contributed by atoms with van der Waals surface area (Å²) in [5.41, 5.74) is 10.5. The van der Waals surface area contributed by atoms with Gasteiger partial charge in [0.1, 0.15) is 0 Å². The normalized spacial score (nSPS) is 12.8. The smallest absolute Gasteiger partial charge is 0.0890 e. The minimum absolute atomic E-state index is 0.154. The number of rotatable bonds is 2. The van der Waals surface area contributed by atoms with Crippen molar-refractivity contribution < 1.29 is 0 Å². The Kier molecular flexibility index (Phi) is 2.91. The number of thiophene rings is 1. The molecule has 1 atom stereocenters. The molecule has 0 aliphatic carbocycles. The van der Waals surface area contributed by atoms with Gasteiger partial charge >= 0.3 is 0 Å². The summed E-state index contributed by atoms with van der Waals surface area (Å²) < 4.78 is 1.25. The summed E-state index contributed by atoms with van der Waals surface area (Å²) in [6, 6.07) is 14.3. The van der Waals surface area contributed by atoms with E-state index in [4.69, 9.17) is 5.73 Å². The van der Waals surface area contributed by atoms with Gasteiger partial charge in [0.15, 0.2) is 0 Å². The zero-order chi connectivity index (χ0) is 14.2. The molecule has 0 amide bonds. The van der Waals surface area contributed by atoms with Crippen LogP contribution in [0.3, 0.4) is 0 Å². The van der Waals surface area contributed by atoms with Crippen molar-refractivity contribution in [1.29, 1.82) is 0 Å². The number of nitrogens with two attached hydrogens (primary N) is 1. The molecular formula is C17H13N3S. The van der Waals surface area contributed by atoms with Crippen molar-refractivity contribution in [3.8, 4) is 0 Å². The van der Waals surface area contributed by atoms with Gasteiger partial charge in [-0.25, -0.2) is 0 Å². The molecule has 2 N–H and O–H groups in total. The van der Waals surface area contributed by atoms with Gasteiger partial charge in [-0.05, 0) is 40.1 Å². The number of hydrogen-bond acceptors (Lipinski definition) is 4. The molecule has 4 heteroatoms. The maximum Gasteiger partial charge on any atom is 0.0890 e. The molecule has 0 aliphatic rings. The van der Waals surface area contributed by atoms with Crippen molar-refractivity contribution in [2.45, 2.75) is 6.04 Å². The van der Waals surface area contributed by atoms with Gasteiger partial charge in [0.2, 0.25) is 0 Å². The summed E-state index contributed by atoms with van der Waals surface area (Å²) in [5.74, 6) is 0. The van der Waals surface area contributed by atoms with E-state index in [0.29, 0.717) is 0 Å². The fourth-order valence-electron chi connectivity index (χ4n) is 2.61. The standard InChI is InChI=1S/C17H13N3S/c18-16(13-3-1-2-11-6-9-21-17(11)13)12-4-5-14-15(10-12)20-8-7-19-14/h1-10,16H,18H2. The van der Waals surface area contributed by atoms with E-state index in [1.165, 1.54) is 10.1 Å². The molecule has 0 spiro atoms. The average Bonchev–Trinajstić information content (AvgIpc) is 3.02. The molecule has 0 saturated carbocycles. The zero-order valence-corrected chi connectivity index (χ0v) is 12.0. The van der Waals surface area contributed by atoms with E-state index in [1.807, 2.05) is 18.2 Å². The fraction of sp³-hybridized carbons (Fsp3) is 0.0588. The van der Waals surface area contributed by atoms with Crippen LogP contribution >= 0.6 is 11.3 Å². The summed E-state index contributed by atoms with van der Waals surface area (Å²) in [7, 11) is 0. The van der Waals surface area contributed by atoms with Crippen LogP contribution in [0.2, 0.25) is 0 Å². The zero-order valence-electron chi connectivity index (χ0n) is 11.2. The highest BCUT2D eigenvalue weighted by Gasteiger charge is 2.13. The molecule has 102 valence electrons. The van der Waals surface area contributed by atoms with Crippen molar-refractivity contribution in [1.82, 2.24) is 9.97 Å². The van der Waals surface area contributed by atoms with Gasteiger partial charge in [0.25, 0.3) is 0 Å². The lowest BCUT2D eigenvalue weighted by molar-refractivity contribution is 0.883. The van der Waals surface area contributed by atoms with Gasteiger partial charge in [0.05, 0.1) is 17.1 Å². The lowest BCUT2D eigenvalue weighted by atomic mass is 9.98. The maximum absolute atomic E-state index is 6.49. The first-order chi connectivity index (χ1) is 10.3. The molecular weight excluding hydrogens is 278 g/mol. The van der Waals surface area contributed by atoms with Gasteiger partial charge in [-0.1, -0.05) is 24.3 Å².